The number of thiazole rings is 1. The molecule has 1 fully saturated rings. The Morgan fingerprint density at radius 1 is 1.12 bits per heavy atom. The first-order valence-electron chi connectivity index (χ1n) is 13.2. The maximum atomic E-state index is 14.3. The Labute approximate surface area is 244 Å². The summed E-state index contributed by atoms with van der Waals surface area (Å²) in [6.07, 6.45) is 0.466. The summed E-state index contributed by atoms with van der Waals surface area (Å²) in [5, 5.41) is 9.31. The van der Waals surface area contributed by atoms with Crippen LogP contribution in [0.5, 0.6) is 0 Å². The van der Waals surface area contributed by atoms with Crippen molar-refractivity contribution < 1.29 is 21.6 Å². The average Bonchev–Trinajstić information content (AvgIpc) is 3.63. The molecule has 0 radical (unpaired) electrons. The second-order valence-electron chi connectivity index (χ2n) is 10.8. The first-order chi connectivity index (χ1) is 19.9. The summed E-state index contributed by atoms with van der Waals surface area (Å²) in [5.41, 5.74) is -0.625. The molecule has 8 nitrogen and oxygen atoms in total. The van der Waals surface area contributed by atoms with Crippen LogP contribution in [0.15, 0.2) is 77.4 Å². The molecule has 3 aromatic heterocycles. The molecule has 0 amide bonds. The maximum Gasteiger partial charge on any atom is 0.419 e. The molecule has 6 rings (SSSR count). The first kappa shape index (κ1) is 28.3. The molecule has 1 atom stereocenters. The van der Waals surface area contributed by atoms with Gasteiger partial charge in [-0.2, -0.15) is 13.2 Å². The number of hydrogen-bond acceptors (Lipinski definition) is 8. The van der Waals surface area contributed by atoms with Crippen molar-refractivity contribution in [1.29, 1.82) is 0 Å². The van der Waals surface area contributed by atoms with Crippen molar-refractivity contribution in [2.75, 3.05) is 11.9 Å². The van der Waals surface area contributed by atoms with Crippen molar-refractivity contribution in [2.24, 2.45) is 0 Å². The van der Waals surface area contributed by atoms with E-state index in [2.05, 4.69) is 39.4 Å². The Kier molecular flexibility index (Phi) is 7.06. The van der Waals surface area contributed by atoms with Crippen LogP contribution in [0.2, 0.25) is 0 Å². The number of halogens is 3. The van der Waals surface area contributed by atoms with E-state index < -0.39 is 27.5 Å². The van der Waals surface area contributed by atoms with Crippen LogP contribution in [0.25, 0.3) is 32.7 Å². The summed E-state index contributed by atoms with van der Waals surface area (Å²) in [5.74, 6) is 0.0377. The number of fused-ring (bicyclic) bond motifs is 1. The normalized spacial score (nSPS) is 17.4. The molecule has 0 bridgehead atoms. The van der Waals surface area contributed by atoms with Gasteiger partial charge in [0.2, 0.25) is 5.95 Å². The van der Waals surface area contributed by atoms with Crippen molar-refractivity contribution in [3.8, 4) is 21.8 Å². The summed E-state index contributed by atoms with van der Waals surface area (Å²) in [6, 6.07) is 12.6. The molecule has 1 unspecified atom stereocenters. The van der Waals surface area contributed by atoms with Gasteiger partial charge >= 0.3 is 6.18 Å². The zero-order chi connectivity index (χ0) is 29.7. The third kappa shape index (κ3) is 5.39. The largest absolute Gasteiger partial charge is 0.419 e. The van der Waals surface area contributed by atoms with Gasteiger partial charge in [0.25, 0.3) is 10.0 Å². The molecule has 13 heteroatoms. The highest BCUT2D eigenvalue weighted by Crippen LogP contribution is 2.41. The number of alkyl halides is 3. The summed E-state index contributed by atoms with van der Waals surface area (Å²) in [6.45, 7) is 4.78. The van der Waals surface area contributed by atoms with E-state index in [0.29, 0.717) is 22.5 Å². The van der Waals surface area contributed by atoms with Crippen LogP contribution in [0.3, 0.4) is 0 Å². The van der Waals surface area contributed by atoms with Crippen LogP contribution >= 0.6 is 11.3 Å². The Morgan fingerprint density at radius 2 is 1.90 bits per heavy atom. The van der Waals surface area contributed by atoms with Gasteiger partial charge in [-0.05, 0) is 44.9 Å². The van der Waals surface area contributed by atoms with Crippen molar-refractivity contribution >= 4 is 38.2 Å². The predicted molar refractivity (Wildman–Crippen MR) is 157 cm³/mol. The lowest BCUT2D eigenvalue weighted by atomic mass is 9.91. The minimum Gasteiger partial charge on any atom is -0.350 e. The number of benzene rings is 2. The topological polar surface area (TPSA) is 102 Å². The summed E-state index contributed by atoms with van der Waals surface area (Å²) >= 11 is 1.37. The first-order valence-corrected chi connectivity index (χ1v) is 15.6. The molecule has 2 N–H and O–H groups in total. The predicted octanol–water partition coefficient (Wildman–Crippen LogP) is 6.42. The molecule has 218 valence electrons. The number of aromatic nitrogens is 4. The third-order valence-corrected chi connectivity index (χ3v) is 9.89. The van der Waals surface area contributed by atoms with E-state index in [4.69, 9.17) is 0 Å². The lowest BCUT2D eigenvalue weighted by Gasteiger charge is -2.36. The lowest BCUT2D eigenvalue weighted by molar-refractivity contribution is -0.137. The van der Waals surface area contributed by atoms with Gasteiger partial charge in [0.15, 0.2) is 0 Å². The fourth-order valence-electron chi connectivity index (χ4n) is 5.09. The molecule has 42 heavy (non-hydrogen) atoms. The zero-order valence-electron chi connectivity index (χ0n) is 22.7. The average molecular weight is 613 g/mol. The van der Waals surface area contributed by atoms with E-state index in [1.807, 2.05) is 0 Å². The van der Waals surface area contributed by atoms with Gasteiger partial charge in [0.05, 0.1) is 16.1 Å². The van der Waals surface area contributed by atoms with Gasteiger partial charge in [-0.15, -0.1) is 11.3 Å². The summed E-state index contributed by atoms with van der Waals surface area (Å²) in [7, 11) is -4.18. The number of hydrogen-bond donors (Lipinski definition) is 2. The molecular weight excluding hydrogens is 585 g/mol. The minimum absolute atomic E-state index is 0.00177. The molecule has 2 aromatic carbocycles. The molecule has 0 aliphatic carbocycles. The Hall–Kier alpha value is -3.81. The van der Waals surface area contributed by atoms with Crippen LogP contribution in [0.4, 0.5) is 19.1 Å². The van der Waals surface area contributed by atoms with Crippen LogP contribution in [0, 0.1) is 0 Å². The molecule has 0 spiro atoms. The van der Waals surface area contributed by atoms with Crippen molar-refractivity contribution in [2.45, 2.75) is 49.3 Å². The number of nitrogens with zero attached hydrogens (tertiary/aromatic N) is 4. The van der Waals surface area contributed by atoms with E-state index in [9.17, 15) is 21.6 Å². The number of rotatable bonds is 6. The van der Waals surface area contributed by atoms with Gasteiger partial charge in [-0.3, -0.25) is 0 Å². The van der Waals surface area contributed by atoms with Gasteiger partial charge in [-0.1, -0.05) is 30.3 Å². The Bertz CT molecular complexity index is 1840. The standard InChI is InChI=1S/C29H27F3N6O2S2/c1-28(2)11-10-19(15-35-28)36-27-34-16-23(29(30,31)32)25(37-27)22-17-38(42(39,40)20-6-4-3-5-7-20)24-14-18(8-9-21(22)24)26-33-12-13-41-26/h3-9,12-14,16-17,19,35H,10-11,15H2,1-2H3,(H,34,36,37). The van der Waals surface area contributed by atoms with Gasteiger partial charge < -0.3 is 10.6 Å². The molecule has 1 aliphatic heterocycles. The monoisotopic (exact) mass is 612 g/mol. The number of anilines is 1. The van der Waals surface area contributed by atoms with Crippen LogP contribution in [0.1, 0.15) is 32.3 Å². The number of piperidine rings is 1. The minimum atomic E-state index is -4.78. The van der Waals surface area contributed by atoms with Crippen LogP contribution < -0.4 is 10.6 Å². The number of nitrogens with one attached hydrogen (secondary N) is 2. The van der Waals surface area contributed by atoms with Crippen molar-refractivity contribution in [1.82, 2.24) is 24.2 Å². The van der Waals surface area contributed by atoms with E-state index in [0.717, 1.165) is 23.0 Å². The van der Waals surface area contributed by atoms with E-state index in [1.54, 1.807) is 48.0 Å². The van der Waals surface area contributed by atoms with Crippen LogP contribution in [-0.4, -0.2) is 45.5 Å². The molecule has 5 aromatic rings. The molecule has 1 aliphatic rings. The molecule has 4 heterocycles. The van der Waals surface area contributed by atoms with Gasteiger partial charge in [-0.25, -0.2) is 27.3 Å². The van der Waals surface area contributed by atoms with E-state index in [1.165, 1.54) is 29.7 Å². The Morgan fingerprint density at radius 3 is 2.57 bits per heavy atom. The van der Waals surface area contributed by atoms with Crippen molar-refractivity contribution in [3.63, 3.8) is 0 Å². The fraction of sp³-hybridized carbons (Fsp3) is 0.276. The Balaban J connectivity index is 1.53. The smallest absolute Gasteiger partial charge is 0.350 e. The second-order valence-corrected chi connectivity index (χ2v) is 13.5. The summed E-state index contributed by atoms with van der Waals surface area (Å²) < 4.78 is 71.6. The maximum absolute atomic E-state index is 14.3. The molecular formula is C29H27F3N6O2S2. The quantitative estimate of drug-likeness (QED) is 0.228. The van der Waals surface area contributed by atoms with Crippen LogP contribution in [-0.2, 0) is 16.2 Å². The lowest BCUT2D eigenvalue weighted by Crippen LogP contribution is -2.50. The highest BCUT2D eigenvalue weighted by atomic mass is 32.2. The van der Waals surface area contributed by atoms with Gasteiger partial charge in [0.1, 0.15) is 10.6 Å². The van der Waals surface area contributed by atoms with E-state index >= 15 is 0 Å². The highest BCUT2D eigenvalue weighted by molar-refractivity contribution is 7.90. The second kappa shape index (κ2) is 10.5. The van der Waals surface area contributed by atoms with E-state index in [-0.39, 0.29) is 33.5 Å². The van der Waals surface area contributed by atoms with Gasteiger partial charge in [0, 0.05) is 58.6 Å². The molecule has 0 saturated carbocycles. The molecule has 1 saturated heterocycles. The third-order valence-electron chi connectivity index (χ3n) is 7.38. The highest BCUT2D eigenvalue weighted by Gasteiger charge is 2.37. The SMILES string of the molecule is CC1(C)CCC(Nc2ncc(C(F)(F)F)c(-c3cn(S(=O)(=O)c4ccccc4)c4cc(-c5nccs5)ccc34)n2)CN1. The fourth-order valence-corrected chi connectivity index (χ4v) is 7.10. The summed E-state index contributed by atoms with van der Waals surface area (Å²) in [4.78, 5) is 12.6. The zero-order valence-corrected chi connectivity index (χ0v) is 24.3. The van der Waals surface area contributed by atoms with Crippen molar-refractivity contribution in [3.05, 3.63) is 78.1 Å².